The third-order valence-electron chi connectivity index (χ3n) is 3.95. The first-order valence-corrected chi connectivity index (χ1v) is 9.64. The minimum absolute atomic E-state index is 0.630. The van der Waals surface area contributed by atoms with Gasteiger partial charge in [-0.05, 0) is 84.9 Å². The first-order valence-electron chi connectivity index (χ1n) is 8.89. The van der Waals surface area contributed by atoms with Crippen molar-refractivity contribution in [3.8, 4) is 34.5 Å². The third kappa shape index (κ3) is 5.44. The van der Waals surface area contributed by atoms with Gasteiger partial charge in [0.1, 0.15) is 34.5 Å². The molecule has 4 aromatic rings. The van der Waals surface area contributed by atoms with Crippen molar-refractivity contribution in [1.82, 2.24) is 0 Å². The molecule has 144 valence electrons. The Hall–Kier alpha value is -3.14. The van der Waals surface area contributed by atoms with Gasteiger partial charge in [0.2, 0.25) is 0 Å². The van der Waals surface area contributed by atoms with Crippen LogP contribution in [0, 0.1) is 0 Å². The number of hydrogen-bond acceptors (Lipinski definition) is 3. The Morgan fingerprint density at radius 3 is 1.00 bits per heavy atom. The normalized spacial score (nSPS) is 10.4. The van der Waals surface area contributed by atoms with Crippen LogP contribution in [0.5, 0.6) is 34.5 Å². The molecule has 4 rings (SSSR count). The van der Waals surface area contributed by atoms with Crippen LogP contribution in [0.15, 0.2) is 97.1 Å². The Labute approximate surface area is 179 Å². The molecule has 4 aromatic carbocycles. The molecular weight excluding hydrogens is 407 g/mol. The molecule has 5 heteroatoms. The highest BCUT2D eigenvalue weighted by Gasteiger charge is 2.03. The van der Waals surface area contributed by atoms with Gasteiger partial charge in [-0.15, -0.1) is 0 Å². The fourth-order valence-corrected chi connectivity index (χ4v) is 2.98. The van der Waals surface area contributed by atoms with Crippen molar-refractivity contribution in [3.05, 3.63) is 107 Å². The molecule has 0 bridgehead atoms. The first kappa shape index (κ1) is 19.2. The number of benzene rings is 4. The van der Waals surface area contributed by atoms with Gasteiger partial charge in [-0.3, -0.25) is 0 Å². The van der Waals surface area contributed by atoms with Crippen LogP contribution in [0.25, 0.3) is 0 Å². The average molecular weight is 423 g/mol. The van der Waals surface area contributed by atoms with Gasteiger partial charge in [0.05, 0.1) is 0 Å². The second-order valence-electron chi connectivity index (χ2n) is 6.16. The van der Waals surface area contributed by atoms with Crippen LogP contribution in [-0.2, 0) is 0 Å². The maximum atomic E-state index is 5.98. The fraction of sp³-hybridized carbons (Fsp3) is 0. The largest absolute Gasteiger partial charge is 0.457 e. The summed E-state index contributed by atoms with van der Waals surface area (Å²) in [6.45, 7) is 0. The van der Waals surface area contributed by atoms with E-state index in [2.05, 4.69) is 0 Å². The van der Waals surface area contributed by atoms with Crippen LogP contribution in [0.2, 0.25) is 10.0 Å². The molecule has 0 heterocycles. The lowest BCUT2D eigenvalue weighted by Gasteiger charge is -2.10. The molecule has 0 unspecified atom stereocenters. The van der Waals surface area contributed by atoms with Crippen molar-refractivity contribution in [2.75, 3.05) is 0 Å². The molecule has 0 aliphatic heterocycles. The molecule has 29 heavy (non-hydrogen) atoms. The lowest BCUT2D eigenvalue weighted by molar-refractivity contribution is 0.464. The topological polar surface area (TPSA) is 27.7 Å². The zero-order valence-corrected chi connectivity index (χ0v) is 16.7. The number of rotatable bonds is 6. The summed E-state index contributed by atoms with van der Waals surface area (Å²) >= 11 is 12.0. The minimum atomic E-state index is 0.630. The molecular formula is C24H16Cl2O3. The van der Waals surface area contributed by atoms with Gasteiger partial charge in [0, 0.05) is 10.0 Å². The predicted molar refractivity (Wildman–Crippen MR) is 116 cm³/mol. The van der Waals surface area contributed by atoms with Crippen LogP contribution in [-0.4, -0.2) is 0 Å². The van der Waals surface area contributed by atoms with Crippen molar-refractivity contribution >= 4 is 23.2 Å². The van der Waals surface area contributed by atoms with E-state index in [4.69, 9.17) is 37.4 Å². The number of halogens is 2. The highest BCUT2D eigenvalue weighted by molar-refractivity contribution is 6.31. The van der Waals surface area contributed by atoms with Gasteiger partial charge in [0.15, 0.2) is 0 Å². The molecule has 0 saturated carbocycles. The van der Waals surface area contributed by atoms with Gasteiger partial charge in [-0.25, -0.2) is 0 Å². The van der Waals surface area contributed by atoms with Gasteiger partial charge >= 0.3 is 0 Å². The minimum Gasteiger partial charge on any atom is -0.457 e. The molecule has 0 aliphatic rings. The number of ether oxygens (including phenoxy) is 3. The van der Waals surface area contributed by atoms with Gasteiger partial charge in [0.25, 0.3) is 0 Å². The van der Waals surface area contributed by atoms with Crippen molar-refractivity contribution < 1.29 is 14.2 Å². The SMILES string of the molecule is Clc1cccc(Oc2ccc(Oc3ccc(Oc4cccc(Cl)c4)cc3)cc2)c1. The van der Waals surface area contributed by atoms with E-state index in [0.29, 0.717) is 44.5 Å². The van der Waals surface area contributed by atoms with Gasteiger partial charge < -0.3 is 14.2 Å². The summed E-state index contributed by atoms with van der Waals surface area (Å²) in [6.07, 6.45) is 0. The molecule has 0 atom stereocenters. The van der Waals surface area contributed by atoms with E-state index in [1.165, 1.54) is 0 Å². The zero-order chi connectivity index (χ0) is 20.1. The summed E-state index contributed by atoms with van der Waals surface area (Å²) in [4.78, 5) is 0. The van der Waals surface area contributed by atoms with E-state index in [9.17, 15) is 0 Å². The van der Waals surface area contributed by atoms with Crippen molar-refractivity contribution in [2.24, 2.45) is 0 Å². The van der Waals surface area contributed by atoms with Crippen molar-refractivity contribution in [1.29, 1.82) is 0 Å². The summed E-state index contributed by atoms with van der Waals surface area (Å²) in [7, 11) is 0. The molecule has 0 N–H and O–H groups in total. The van der Waals surface area contributed by atoms with Crippen LogP contribution in [0.4, 0.5) is 0 Å². The smallest absolute Gasteiger partial charge is 0.128 e. The zero-order valence-electron chi connectivity index (χ0n) is 15.2. The Morgan fingerprint density at radius 2 is 0.690 bits per heavy atom. The monoisotopic (exact) mass is 422 g/mol. The summed E-state index contributed by atoms with van der Waals surface area (Å²) in [6, 6.07) is 29.3. The Kier molecular flexibility index (Phi) is 5.89. The highest BCUT2D eigenvalue weighted by atomic mass is 35.5. The van der Waals surface area contributed by atoms with E-state index in [-0.39, 0.29) is 0 Å². The van der Waals surface area contributed by atoms with E-state index < -0.39 is 0 Å². The number of hydrogen-bond donors (Lipinski definition) is 0. The summed E-state index contributed by atoms with van der Waals surface area (Å²) < 4.78 is 17.4. The van der Waals surface area contributed by atoms with E-state index in [1.54, 1.807) is 24.3 Å². The fourth-order valence-electron chi connectivity index (χ4n) is 2.62. The quantitative estimate of drug-likeness (QED) is 0.312. The lowest BCUT2D eigenvalue weighted by atomic mass is 10.3. The lowest BCUT2D eigenvalue weighted by Crippen LogP contribution is -1.87. The second kappa shape index (κ2) is 8.91. The van der Waals surface area contributed by atoms with Crippen molar-refractivity contribution in [2.45, 2.75) is 0 Å². The van der Waals surface area contributed by atoms with Crippen LogP contribution >= 0.6 is 23.2 Å². The van der Waals surface area contributed by atoms with E-state index in [1.807, 2.05) is 72.8 Å². The predicted octanol–water partition coefficient (Wildman–Crippen LogP) is 8.37. The summed E-state index contributed by atoms with van der Waals surface area (Å²) in [5.41, 5.74) is 0. The summed E-state index contributed by atoms with van der Waals surface area (Å²) in [5.74, 6) is 4.16. The van der Waals surface area contributed by atoms with E-state index >= 15 is 0 Å². The molecule has 0 fully saturated rings. The Morgan fingerprint density at radius 1 is 0.379 bits per heavy atom. The summed E-state index contributed by atoms with van der Waals surface area (Å²) in [5, 5.41) is 1.26. The molecule has 0 aliphatic carbocycles. The standard InChI is InChI=1S/C24H16Cl2O3/c25-17-3-1-5-23(15-17)28-21-11-7-19(8-12-21)27-20-9-13-22(14-10-20)29-24-6-2-4-18(26)16-24/h1-16H. The van der Waals surface area contributed by atoms with Gasteiger partial charge in [-0.2, -0.15) is 0 Å². The Bertz CT molecular complexity index is 1000. The maximum absolute atomic E-state index is 5.98. The Balaban J connectivity index is 1.37. The van der Waals surface area contributed by atoms with Crippen LogP contribution in [0.3, 0.4) is 0 Å². The highest BCUT2D eigenvalue weighted by Crippen LogP contribution is 2.30. The maximum Gasteiger partial charge on any atom is 0.128 e. The van der Waals surface area contributed by atoms with Gasteiger partial charge in [-0.1, -0.05) is 35.3 Å². The van der Waals surface area contributed by atoms with Crippen LogP contribution in [0.1, 0.15) is 0 Å². The van der Waals surface area contributed by atoms with E-state index in [0.717, 1.165) is 0 Å². The molecule has 0 amide bonds. The molecule has 0 radical (unpaired) electrons. The van der Waals surface area contributed by atoms with Crippen LogP contribution < -0.4 is 14.2 Å². The third-order valence-corrected chi connectivity index (χ3v) is 4.42. The first-order chi connectivity index (χ1) is 14.1. The average Bonchev–Trinajstić information content (AvgIpc) is 2.71. The molecule has 0 saturated heterocycles. The molecule has 0 spiro atoms. The molecule has 0 aromatic heterocycles. The second-order valence-corrected chi connectivity index (χ2v) is 7.04. The van der Waals surface area contributed by atoms with Crippen molar-refractivity contribution in [3.63, 3.8) is 0 Å². The molecule has 3 nitrogen and oxygen atoms in total.